The minimum atomic E-state index is -0.234. The van der Waals surface area contributed by atoms with Crippen LogP contribution in [0.25, 0.3) is 0 Å². The molecule has 1 heterocycles. The third-order valence-electron chi connectivity index (χ3n) is 4.84. The second-order valence-electron chi connectivity index (χ2n) is 6.92. The SMILES string of the molecule is CC(CC(=O)N1C[C@@H](N)[C@H](c2ccccc2)C1)NC(=O)c1ccccc1. The average Bonchev–Trinajstić information content (AvgIpc) is 3.05. The summed E-state index contributed by atoms with van der Waals surface area (Å²) in [4.78, 5) is 26.6. The van der Waals surface area contributed by atoms with E-state index < -0.39 is 0 Å². The van der Waals surface area contributed by atoms with Gasteiger partial charge in [-0.15, -0.1) is 0 Å². The number of carbonyl (C=O) groups excluding carboxylic acids is 2. The fourth-order valence-electron chi connectivity index (χ4n) is 3.42. The molecule has 3 atom stereocenters. The molecule has 2 aromatic carbocycles. The van der Waals surface area contributed by atoms with Gasteiger partial charge in [-0.2, -0.15) is 0 Å². The normalized spacial score (nSPS) is 20.6. The van der Waals surface area contributed by atoms with E-state index in [4.69, 9.17) is 5.73 Å². The van der Waals surface area contributed by atoms with Gasteiger partial charge in [-0.05, 0) is 24.6 Å². The highest BCUT2D eigenvalue weighted by Gasteiger charge is 2.34. The maximum atomic E-state index is 12.6. The van der Waals surface area contributed by atoms with Crippen LogP contribution in [-0.2, 0) is 4.79 Å². The molecule has 0 spiro atoms. The van der Waals surface area contributed by atoms with Crippen molar-refractivity contribution in [2.75, 3.05) is 13.1 Å². The molecule has 5 nitrogen and oxygen atoms in total. The molecule has 2 aromatic rings. The number of rotatable bonds is 5. The van der Waals surface area contributed by atoms with Crippen LogP contribution in [0.4, 0.5) is 0 Å². The lowest BCUT2D eigenvalue weighted by atomic mass is 9.95. The predicted molar refractivity (Wildman–Crippen MR) is 102 cm³/mol. The minimum Gasteiger partial charge on any atom is -0.349 e. The molecule has 26 heavy (non-hydrogen) atoms. The first kappa shape index (κ1) is 18.1. The lowest BCUT2D eigenvalue weighted by Gasteiger charge is -2.20. The summed E-state index contributed by atoms with van der Waals surface area (Å²) >= 11 is 0. The zero-order valence-corrected chi connectivity index (χ0v) is 15.0. The Hall–Kier alpha value is -2.66. The monoisotopic (exact) mass is 351 g/mol. The number of amides is 2. The van der Waals surface area contributed by atoms with Gasteiger partial charge < -0.3 is 16.0 Å². The maximum Gasteiger partial charge on any atom is 0.251 e. The van der Waals surface area contributed by atoms with Crippen LogP contribution < -0.4 is 11.1 Å². The van der Waals surface area contributed by atoms with E-state index in [1.807, 2.05) is 48.2 Å². The number of nitrogens with zero attached hydrogens (tertiary/aromatic N) is 1. The number of likely N-dealkylation sites (tertiary alicyclic amines) is 1. The summed E-state index contributed by atoms with van der Waals surface area (Å²) in [5.74, 6) is 0.0281. The van der Waals surface area contributed by atoms with Gasteiger partial charge in [0.05, 0.1) is 0 Å². The van der Waals surface area contributed by atoms with Crippen molar-refractivity contribution >= 4 is 11.8 Å². The summed E-state index contributed by atoms with van der Waals surface area (Å²) in [6, 6.07) is 18.8. The van der Waals surface area contributed by atoms with Crippen LogP contribution in [0, 0.1) is 0 Å². The number of benzene rings is 2. The van der Waals surface area contributed by atoms with Crippen LogP contribution in [-0.4, -0.2) is 41.9 Å². The Bertz CT molecular complexity index is 748. The van der Waals surface area contributed by atoms with E-state index in [0.29, 0.717) is 18.7 Å². The Balaban J connectivity index is 1.54. The summed E-state index contributed by atoms with van der Waals surface area (Å²) in [5.41, 5.74) is 8.03. The van der Waals surface area contributed by atoms with Crippen molar-refractivity contribution in [2.24, 2.45) is 5.73 Å². The van der Waals surface area contributed by atoms with E-state index >= 15 is 0 Å². The highest BCUT2D eigenvalue weighted by Crippen LogP contribution is 2.26. The molecule has 1 aliphatic rings. The Kier molecular flexibility index (Phi) is 5.68. The fourth-order valence-corrected chi connectivity index (χ4v) is 3.42. The molecule has 0 aliphatic carbocycles. The molecule has 2 amide bonds. The first-order chi connectivity index (χ1) is 12.5. The van der Waals surface area contributed by atoms with Gasteiger partial charge in [0.2, 0.25) is 5.91 Å². The second kappa shape index (κ2) is 8.15. The fraction of sp³-hybridized carbons (Fsp3) is 0.333. The van der Waals surface area contributed by atoms with Gasteiger partial charge in [-0.25, -0.2) is 0 Å². The van der Waals surface area contributed by atoms with Crippen molar-refractivity contribution in [3.05, 3.63) is 71.8 Å². The van der Waals surface area contributed by atoms with Gasteiger partial charge in [0.1, 0.15) is 0 Å². The number of nitrogens with one attached hydrogen (secondary N) is 1. The van der Waals surface area contributed by atoms with Gasteiger partial charge in [0.15, 0.2) is 0 Å². The molecule has 1 saturated heterocycles. The molecule has 1 fully saturated rings. The molecular formula is C21H25N3O2. The van der Waals surface area contributed by atoms with Crippen molar-refractivity contribution < 1.29 is 9.59 Å². The molecule has 0 aromatic heterocycles. The standard InChI is InChI=1S/C21H25N3O2/c1-15(23-21(26)17-10-6-3-7-11-17)12-20(25)24-13-18(19(22)14-24)16-8-4-2-5-9-16/h2-11,15,18-19H,12-14,22H2,1H3,(H,23,26)/t15?,18-,19+/m0/s1. The largest absolute Gasteiger partial charge is 0.349 e. The molecular weight excluding hydrogens is 326 g/mol. The van der Waals surface area contributed by atoms with E-state index in [-0.39, 0.29) is 36.2 Å². The molecule has 3 N–H and O–H groups in total. The van der Waals surface area contributed by atoms with Crippen molar-refractivity contribution in [3.8, 4) is 0 Å². The first-order valence-corrected chi connectivity index (χ1v) is 8.99. The summed E-state index contributed by atoms with van der Waals surface area (Å²) in [5, 5.41) is 2.89. The van der Waals surface area contributed by atoms with Crippen LogP contribution in [0.3, 0.4) is 0 Å². The number of carbonyl (C=O) groups is 2. The molecule has 0 saturated carbocycles. The number of hydrogen-bond donors (Lipinski definition) is 2. The highest BCUT2D eigenvalue weighted by molar-refractivity contribution is 5.94. The van der Waals surface area contributed by atoms with Crippen molar-refractivity contribution in [3.63, 3.8) is 0 Å². The Labute approximate surface area is 154 Å². The van der Waals surface area contributed by atoms with Crippen LogP contribution in [0.1, 0.15) is 35.2 Å². The van der Waals surface area contributed by atoms with Crippen LogP contribution >= 0.6 is 0 Å². The van der Waals surface area contributed by atoms with Crippen molar-refractivity contribution in [1.29, 1.82) is 0 Å². The smallest absolute Gasteiger partial charge is 0.251 e. The van der Waals surface area contributed by atoms with Crippen LogP contribution in [0.2, 0.25) is 0 Å². The average molecular weight is 351 g/mol. The summed E-state index contributed by atoms with van der Waals surface area (Å²) in [6.45, 7) is 3.03. The van der Waals surface area contributed by atoms with Gasteiger partial charge in [0, 0.05) is 43.1 Å². The lowest BCUT2D eigenvalue weighted by molar-refractivity contribution is -0.130. The second-order valence-corrected chi connectivity index (χ2v) is 6.92. The molecule has 0 radical (unpaired) electrons. The van der Waals surface area contributed by atoms with Gasteiger partial charge in [0.25, 0.3) is 5.91 Å². The quantitative estimate of drug-likeness (QED) is 0.867. The third-order valence-corrected chi connectivity index (χ3v) is 4.84. The summed E-state index contributed by atoms with van der Waals surface area (Å²) in [7, 11) is 0. The topological polar surface area (TPSA) is 75.4 Å². The van der Waals surface area contributed by atoms with Gasteiger partial charge in [-0.1, -0.05) is 48.5 Å². The molecule has 1 aliphatic heterocycles. The van der Waals surface area contributed by atoms with E-state index in [9.17, 15) is 9.59 Å². The molecule has 1 unspecified atom stereocenters. The Morgan fingerprint density at radius 3 is 2.35 bits per heavy atom. The maximum absolute atomic E-state index is 12.6. The van der Waals surface area contributed by atoms with Crippen LogP contribution in [0.15, 0.2) is 60.7 Å². The molecule has 0 bridgehead atoms. The number of hydrogen-bond acceptors (Lipinski definition) is 3. The summed E-state index contributed by atoms with van der Waals surface area (Å²) in [6.07, 6.45) is 0.271. The van der Waals surface area contributed by atoms with E-state index in [0.717, 1.165) is 0 Å². The minimum absolute atomic E-state index is 0.0275. The molecule has 3 rings (SSSR count). The van der Waals surface area contributed by atoms with E-state index in [1.165, 1.54) is 5.56 Å². The van der Waals surface area contributed by atoms with E-state index in [1.54, 1.807) is 12.1 Å². The first-order valence-electron chi connectivity index (χ1n) is 8.99. The Morgan fingerprint density at radius 1 is 1.08 bits per heavy atom. The predicted octanol–water partition coefficient (Wildman–Crippen LogP) is 2.15. The lowest BCUT2D eigenvalue weighted by Crippen LogP contribution is -2.39. The van der Waals surface area contributed by atoms with E-state index in [2.05, 4.69) is 17.4 Å². The van der Waals surface area contributed by atoms with Crippen LogP contribution in [0.5, 0.6) is 0 Å². The summed E-state index contributed by atoms with van der Waals surface area (Å²) < 4.78 is 0. The Morgan fingerprint density at radius 2 is 1.69 bits per heavy atom. The van der Waals surface area contributed by atoms with Crippen molar-refractivity contribution in [2.45, 2.75) is 31.3 Å². The molecule has 5 heteroatoms. The van der Waals surface area contributed by atoms with Crippen molar-refractivity contribution in [1.82, 2.24) is 10.2 Å². The number of nitrogens with two attached hydrogens (primary N) is 1. The third kappa shape index (κ3) is 4.29. The zero-order valence-electron chi connectivity index (χ0n) is 15.0. The zero-order chi connectivity index (χ0) is 18.5. The molecule has 136 valence electrons. The van der Waals surface area contributed by atoms with Gasteiger partial charge in [-0.3, -0.25) is 9.59 Å². The highest BCUT2D eigenvalue weighted by atomic mass is 16.2. The van der Waals surface area contributed by atoms with Gasteiger partial charge >= 0.3 is 0 Å².